The van der Waals surface area contributed by atoms with Crippen molar-refractivity contribution < 1.29 is 4.79 Å². The van der Waals surface area contributed by atoms with E-state index in [1.807, 2.05) is 30.7 Å². The number of aryl methyl sites for hydroxylation is 1. The minimum Gasteiger partial charge on any atom is -0.301 e. The molecule has 4 nitrogen and oxygen atoms in total. The molecule has 0 unspecified atom stereocenters. The highest BCUT2D eigenvalue weighted by atomic mass is 35.5. The highest BCUT2D eigenvalue weighted by Crippen LogP contribution is 2.31. The summed E-state index contributed by atoms with van der Waals surface area (Å²) in [6.45, 7) is 3.79. The molecular weight excluding hydrogens is 417 g/mol. The molecule has 0 aliphatic rings. The number of nitrogens with zero attached hydrogens (tertiary/aromatic N) is 2. The third kappa shape index (κ3) is 4.74. The fraction of sp³-hybridized carbons (Fsp3) is 0.188. The fourth-order valence-corrected chi connectivity index (χ4v) is 4.92. The number of rotatable bonds is 5. The van der Waals surface area contributed by atoms with Gasteiger partial charge in [0.1, 0.15) is 0 Å². The van der Waals surface area contributed by atoms with E-state index in [-0.39, 0.29) is 11.2 Å². The Morgan fingerprint density at radius 2 is 2.00 bits per heavy atom. The van der Waals surface area contributed by atoms with Crippen molar-refractivity contribution >= 4 is 68.7 Å². The van der Waals surface area contributed by atoms with Gasteiger partial charge in [0.2, 0.25) is 5.91 Å². The SMILES string of the molecule is Cc1csc(S[C@H](C)C(=O)Nc2nc(-c3ccc(Cl)c(Cl)c3)cs2)n1. The van der Waals surface area contributed by atoms with Crippen molar-refractivity contribution in [2.24, 2.45) is 0 Å². The Morgan fingerprint density at radius 3 is 2.68 bits per heavy atom. The van der Waals surface area contributed by atoms with Gasteiger partial charge in [-0.1, -0.05) is 41.0 Å². The number of nitrogens with one attached hydrogen (secondary N) is 1. The Morgan fingerprint density at radius 1 is 1.20 bits per heavy atom. The molecule has 0 spiro atoms. The highest BCUT2D eigenvalue weighted by Gasteiger charge is 2.18. The highest BCUT2D eigenvalue weighted by molar-refractivity contribution is 8.02. The Labute approximate surface area is 167 Å². The van der Waals surface area contributed by atoms with Gasteiger partial charge in [0, 0.05) is 22.0 Å². The van der Waals surface area contributed by atoms with Crippen LogP contribution in [0.1, 0.15) is 12.6 Å². The number of thiazole rings is 2. The number of carbonyl (C=O) groups is 1. The van der Waals surface area contributed by atoms with E-state index in [2.05, 4.69) is 15.3 Å². The minimum atomic E-state index is -0.261. The summed E-state index contributed by atoms with van der Waals surface area (Å²) >= 11 is 16.3. The Hall–Kier alpha value is -1.12. The van der Waals surface area contributed by atoms with Crippen molar-refractivity contribution in [2.75, 3.05) is 5.32 Å². The molecule has 0 saturated heterocycles. The van der Waals surface area contributed by atoms with E-state index in [1.165, 1.54) is 23.1 Å². The molecule has 9 heteroatoms. The van der Waals surface area contributed by atoms with Gasteiger partial charge in [0.05, 0.1) is 21.0 Å². The normalized spacial score (nSPS) is 12.2. The van der Waals surface area contributed by atoms with Gasteiger partial charge in [0.25, 0.3) is 0 Å². The molecule has 1 amide bonds. The predicted molar refractivity (Wildman–Crippen MR) is 108 cm³/mol. The molecule has 0 bridgehead atoms. The number of hydrogen-bond donors (Lipinski definition) is 1. The van der Waals surface area contributed by atoms with E-state index in [4.69, 9.17) is 23.2 Å². The van der Waals surface area contributed by atoms with Crippen molar-refractivity contribution in [2.45, 2.75) is 23.4 Å². The average Bonchev–Trinajstić information content (AvgIpc) is 3.19. The minimum absolute atomic E-state index is 0.104. The van der Waals surface area contributed by atoms with Gasteiger partial charge in [-0.05, 0) is 26.0 Å². The fourth-order valence-electron chi connectivity index (χ4n) is 1.92. The largest absolute Gasteiger partial charge is 0.301 e. The van der Waals surface area contributed by atoms with E-state index in [0.29, 0.717) is 15.2 Å². The number of anilines is 1. The summed E-state index contributed by atoms with van der Waals surface area (Å²) < 4.78 is 0.885. The van der Waals surface area contributed by atoms with Gasteiger partial charge < -0.3 is 5.32 Å². The maximum atomic E-state index is 12.3. The monoisotopic (exact) mass is 429 g/mol. The third-order valence-electron chi connectivity index (χ3n) is 3.19. The zero-order chi connectivity index (χ0) is 18.0. The van der Waals surface area contributed by atoms with Gasteiger partial charge in [-0.3, -0.25) is 4.79 Å². The number of thioether (sulfide) groups is 1. The van der Waals surface area contributed by atoms with Gasteiger partial charge in [0.15, 0.2) is 9.47 Å². The molecule has 2 aromatic heterocycles. The van der Waals surface area contributed by atoms with Crippen LogP contribution in [0.25, 0.3) is 11.3 Å². The van der Waals surface area contributed by atoms with E-state index >= 15 is 0 Å². The molecule has 3 rings (SSSR count). The van der Waals surface area contributed by atoms with Crippen LogP contribution in [0.2, 0.25) is 10.0 Å². The Bertz CT molecular complexity index is 910. The summed E-state index contributed by atoms with van der Waals surface area (Å²) in [5.41, 5.74) is 2.56. The number of aromatic nitrogens is 2. The molecule has 0 aliphatic heterocycles. The standard InChI is InChI=1S/C16H13Cl2N3OS3/c1-8-6-24-16(19-8)25-9(2)14(22)21-15-20-13(7-23-15)10-3-4-11(17)12(18)5-10/h3-7,9H,1-2H3,(H,20,21,22)/t9-/m1/s1. The number of amides is 1. The van der Waals surface area contributed by atoms with Crippen molar-refractivity contribution in [3.05, 3.63) is 44.7 Å². The van der Waals surface area contributed by atoms with Gasteiger partial charge in [-0.15, -0.1) is 22.7 Å². The molecule has 2 heterocycles. The van der Waals surface area contributed by atoms with Crippen LogP contribution in [0, 0.1) is 6.92 Å². The molecule has 25 heavy (non-hydrogen) atoms. The summed E-state index contributed by atoms with van der Waals surface area (Å²) in [6.07, 6.45) is 0. The van der Waals surface area contributed by atoms with Crippen LogP contribution in [0.3, 0.4) is 0 Å². The summed E-state index contributed by atoms with van der Waals surface area (Å²) in [5, 5.41) is 7.95. The van der Waals surface area contributed by atoms with Crippen molar-refractivity contribution in [3.63, 3.8) is 0 Å². The van der Waals surface area contributed by atoms with Crippen LogP contribution >= 0.6 is 57.6 Å². The third-order valence-corrected chi connectivity index (χ3v) is 6.88. The second-order valence-electron chi connectivity index (χ2n) is 5.17. The summed E-state index contributed by atoms with van der Waals surface area (Å²) in [6, 6.07) is 5.33. The first-order valence-electron chi connectivity index (χ1n) is 7.23. The Kier molecular flexibility index (Phi) is 6.01. The van der Waals surface area contributed by atoms with Gasteiger partial charge >= 0.3 is 0 Å². The average molecular weight is 430 g/mol. The maximum absolute atomic E-state index is 12.3. The van der Waals surface area contributed by atoms with Crippen molar-refractivity contribution in [1.82, 2.24) is 9.97 Å². The lowest BCUT2D eigenvalue weighted by Crippen LogP contribution is -2.22. The summed E-state index contributed by atoms with van der Waals surface area (Å²) in [5.74, 6) is -0.104. The lowest BCUT2D eigenvalue weighted by atomic mass is 10.2. The molecule has 0 fully saturated rings. The topological polar surface area (TPSA) is 54.9 Å². The van der Waals surface area contributed by atoms with Crippen LogP contribution in [0.4, 0.5) is 5.13 Å². The molecule has 1 atom stereocenters. The zero-order valence-electron chi connectivity index (χ0n) is 13.2. The quantitative estimate of drug-likeness (QED) is 0.505. The van der Waals surface area contributed by atoms with Crippen LogP contribution in [-0.4, -0.2) is 21.1 Å². The smallest absolute Gasteiger partial charge is 0.239 e. The lowest BCUT2D eigenvalue weighted by Gasteiger charge is -2.08. The van der Waals surface area contributed by atoms with Crippen LogP contribution in [0.5, 0.6) is 0 Å². The van der Waals surface area contributed by atoms with E-state index in [9.17, 15) is 4.79 Å². The van der Waals surface area contributed by atoms with E-state index in [0.717, 1.165) is 21.3 Å². The second kappa shape index (κ2) is 8.05. The number of halogens is 2. The lowest BCUT2D eigenvalue weighted by molar-refractivity contribution is -0.115. The maximum Gasteiger partial charge on any atom is 0.239 e. The molecule has 130 valence electrons. The zero-order valence-corrected chi connectivity index (χ0v) is 17.2. The first-order valence-corrected chi connectivity index (χ1v) is 10.6. The molecule has 0 aliphatic carbocycles. The number of benzene rings is 1. The predicted octanol–water partition coefficient (Wildman–Crippen LogP) is 6.00. The molecule has 3 aromatic rings. The van der Waals surface area contributed by atoms with Gasteiger partial charge in [-0.2, -0.15) is 0 Å². The van der Waals surface area contributed by atoms with Crippen LogP contribution < -0.4 is 5.32 Å². The molecular formula is C16H13Cl2N3OS3. The molecule has 1 N–H and O–H groups in total. The van der Waals surface area contributed by atoms with Crippen LogP contribution in [-0.2, 0) is 4.79 Å². The Balaban J connectivity index is 1.66. The van der Waals surface area contributed by atoms with Gasteiger partial charge in [-0.25, -0.2) is 9.97 Å². The summed E-state index contributed by atoms with van der Waals surface area (Å²) in [7, 11) is 0. The van der Waals surface area contributed by atoms with E-state index < -0.39 is 0 Å². The molecule has 0 radical (unpaired) electrons. The molecule has 1 aromatic carbocycles. The molecule has 0 saturated carbocycles. The van der Waals surface area contributed by atoms with E-state index in [1.54, 1.807) is 23.5 Å². The number of carbonyl (C=O) groups excluding carboxylic acids is 1. The first-order chi connectivity index (χ1) is 11.9. The van der Waals surface area contributed by atoms with Crippen molar-refractivity contribution in [3.8, 4) is 11.3 Å². The summed E-state index contributed by atoms with van der Waals surface area (Å²) in [4.78, 5) is 21.2. The van der Waals surface area contributed by atoms with Crippen molar-refractivity contribution in [1.29, 1.82) is 0 Å². The first kappa shape index (κ1) is 18.7. The number of hydrogen-bond acceptors (Lipinski definition) is 6. The second-order valence-corrected chi connectivity index (χ2v) is 9.29. The van der Waals surface area contributed by atoms with Crippen LogP contribution in [0.15, 0.2) is 33.3 Å².